The Labute approximate surface area is 79.7 Å². The molecule has 78 valence electrons. The zero-order valence-corrected chi connectivity index (χ0v) is 7.85. The molecule has 1 heterocycles. The van der Waals surface area contributed by atoms with Gasteiger partial charge in [0, 0.05) is 12.3 Å². The molecule has 0 saturated heterocycles. The van der Waals surface area contributed by atoms with Crippen molar-refractivity contribution >= 4 is 0 Å². The molecule has 0 aliphatic rings. The Morgan fingerprint density at radius 2 is 2.07 bits per heavy atom. The van der Waals surface area contributed by atoms with E-state index in [0.29, 0.717) is 6.61 Å². The van der Waals surface area contributed by atoms with E-state index in [1.54, 1.807) is 6.92 Å². The molecule has 2 nitrogen and oxygen atoms in total. The Morgan fingerprint density at radius 1 is 1.43 bits per heavy atom. The van der Waals surface area contributed by atoms with Crippen LogP contribution in [-0.4, -0.2) is 11.6 Å². The fraction of sp³-hybridized carbons (Fsp3) is 0.444. The molecular formula is C9H10F3NO. The van der Waals surface area contributed by atoms with Crippen LogP contribution in [0.15, 0.2) is 12.3 Å². The largest absolute Gasteiger partial charge is 0.478 e. The molecule has 0 radical (unpaired) electrons. The maximum atomic E-state index is 12.4. The molecular weight excluding hydrogens is 195 g/mol. The van der Waals surface area contributed by atoms with E-state index in [-0.39, 0.29) is 11.4 Å². The summed E-state index contributed by atoms with van der Waals surface area (Å²) in [6.07, 6.45) is -3.19. The number of aryl methyl sites for hydroxylation is 1. The number of alkyl halides is 3. The third-order valence-electron chi connectivity index (χ3n) is 1.68. The predicted octanol–water partition coefficient (Wildman–Crippen LogP) is 2.81. The number of pyridine rings is 1. The summed E-state index contributed by atoms with van der Waals surface area (Å²) in [4.78, 5) is 3.72. The highest BCUT2D eigenvalue weighted by Gasteiger charge is 2.33. The summed E-state index contributed by atoms with van der Waals surface area (Å²) in [5.41, 5.74) is -0.600. The molecule has 0 amide bonds. The van der Waals surface area contributed by atoms with Crippen molar-refractivity contribution in [2.75, 3.05) is 6.61 Å². The van der Waals surface area contributed by atoms with E-state index in [9.17, 15) is 13.2 Å². The number of ether oxygens (including phenoxy) is 1. The average Bonchev–Trinajstić information content (AvgIpc) is 2.07. The summed E-state index contributed by atoms with van der Waals surface area (Å²) < 4.78 is 42.0. The summed E-state index contributed by atoms with van der Waals surface area (Å²) in [6, 6.07) is 0.916. The molecule has 0 unspecified atom stereocenters. The molecule has 0 aromatic carbocycles. The van der Waals surface area contributed by atoms with Gasteiger partial charge in [0.2, 0.25) is 5.88 Å². The maximum absolute atomic E-state index is 12.4. The smallest absolute Gasteiger partial charge is 0.416 e. The van der Waals surface area contributed by atoms with Gasteiger partial charge in [-0.2, -0.15) is 13.2 Å². The molecule has 0 spiro atoms. The number of hydrogen-bond acceptors (Lipinski definition) is 2. The average molecular weight is 205 g/mol. The summed E-state index contributed by atoms with van der Waals surface area (Å²) in [6.45, 7) is 3.35. The first kappa shape index (κ1) is 10.8. The highest BCUT2D eigenvalue weighted by atomic mass is 19.4. The number of halogens is 3. The van der Waals surface area contributed by atoms with E-state index in [0.717, 1.165) is 12.3 Å². The van der Waals surface area contributed by atoms with Crippen LogP contribution < -0.4 is 4.74 Å². The van der Waals surface area contributed by atoms with Crippen molar-refractivity contribution in [2.45, 2.75) is 20.0 Å². The molecule has 14 heavy (non-hydrogen) atoms. The predicted molar refractivity (Wildman–Crippen MR) is 45.1 cm³/mol. The summed E-state index contributed by atoms with van der Waals surface area (Å²) in [7, 11) is 0. The van der Waals surface area contributed by atoms with Crippen molar-refractivity contribution in [1.29, 1.82) is 0 Å². The van der Waals surface area contributed by atoms with Crippen LogP contribution in [0.25, 0.3) is 0 Å². The minimum atomic E-state index is -4.35. The Kier molecular flexibility index (Phi) is 2.98. The number of nitrogens with zero attached hydrogens (tertiary/aromatic N) is 1. The van der Waals surface area contributed by atoms with Crippen LogP contribution in [-0.2, 0) is 6.18 Å². The minimum Gasteiger partial charge on any atom is -0.478 e. The molecule has 0 aliphatic heterocycles. The van der Waals surface area contributed by atoms with Gasteiger partial charge >= 0.3 is 6.18 Å². The standard InChI is InChI=1S/C9H10F3NO/c1-3-14-8-4-7(9(10,11)12)6(2)5-13-8/h4-5H,3H2,1-2H3. The molecule has 1 rings (SSSR count). The van der Waals surface area contributed by atoms with Crippen LogP contribution in [0.2, 0.25) is 0 Å². The van der Waals surface area contributed by atoms with Gasteiger partial charge in [0.1, 0.15) is 0 Å². The van der Waals surface area contributed by atoms with Crippen molar-refractivity contribution in [1.82, 2.24) is 4.98 Å². The number of rotatable bonds is 2. The highest BCUT2D eigenvalue weighted by molar-refractivity contribution is 5.30. The monoisotopic (exact) mass is 205 g/mol. The second kappa shape index (κ2) is 3.86. The lowest BCUT2D eigenvalue weighted by Crippen LogP contribution is -2.08. The molecule has 0 aliphatic carbocycles. The Balaban J connectivity index is 3.09. The van der Waals surface area contributed by atoms with Crippen molar-refractivity contribution in [2.24, 2.45) is 0 Å². The zero-order chi connectivity index (χ0) is 10.8. The molecule has 0 N–H and O–H groups in total. The first-order valence-electron chi connectivity index (χ1n) is 4.11. The van der Waals surface area contributed by atoms with E-state index in [1.165, 1.54) is 6.92 Å². The second-order valence-electron chi connectivity index (χ2n) is 2.77. The molecule has 0 atom stereocenters. The lowest BCUT2D eigenvalue weighted by molar-refractivity contribution is -0.138. The number of hydrogen-bond donors (Lipinski definition) is 0. The lowest BCUT2D eigenvalue weighted by Gasteiger charge is -2.11. The fourth-order valence-electron chi connectivity index (χ4n) is 1.04. The fourth-order valence-corrected chi connectivity index (χ4v) is 1.04. The van der Waals surface area contributed by atoms with Crippen LogP contribution in [0.3, 0.4) is 0 Å². The first-order valence-corrected chi connectivity index (χ1v) is 4.11. The molecule has 0 bridgehead atoms. The third-order valence-corrected chi connectivity index (χ3v) is 1.68. The minimum absolute atomic E-state index is 0.00502. The van der Waals surface area contributed by atoms with Crippen molar-refractivity contribution in [3.63, 3.8) is 0 Å². The van der Waals surface area contributed by atoms with Gasteiger partial charge in [-0.15, -0.1) is 0 Å². The SMILES string of the molecule is CCOc1cc(C(F)(F)F)c(C)cn1. The van der Waals surface area contributed by atoms with E-state index in [2.05, 4.69) is 4.98 Å². The van der Waals surface area contributed by atoms with E-state index < -0.39 is 11.7 Å². The van der Waals surface area contributed by atoms with Gasteiger partial charge in [0.15, 0.2) is 0 Å². The van der Waals surface area contributed by atoms with Gasteiger partial charge in [-0.05, 0) is 19.4 Å². The van der Waals surface area contributed by atoms with Crippen LogP contribution in [0.1, 0.15) is 18.1 Å². The van der Waals surface area contributed by atoms with Gasteiger partial charge in [0.25, 0.3) is 0 Å². The second-order valence-corrected chi connectivity index (χ2v) is 2.77. The van der Waals surface area contributed by atoms with E-state index in [4.69, 9.17) is 4.74 Å². The Morgan fingerprint density at radius 3 is 2.57 bits per heavy atom. The highest BCUT2D eigenvalue weighted by Crippen LogP contribution is 2.32. The Bertz CT molecular complexity index is 322. The van der Waals surface area contributed by atoms with E-state index >= 15 is 0 Å². The van der Waals surface area contributed by atoms with Crippen molar-refractivity contribution < 1.29 is 17.9 Å². The third kappa shape index (κ3) is 2.37. The van der Waals surface area contributed by atoms with Crippen LogP contribution in [0, 0.1) is 6.92 Å². The van der Waals surface area contributed by atoms with Crippen LogP contribution >= 0.6 is 0 Å². The normalized spacial score (nSPS) is 11.5. The Hall–Kier alpha value is -1.26. The van der Waals surface area contributed by atoms with Gasteiger partial charge in [0.05, 0.1) is 12.2 Å². The summed E-state index contributed by atoms with van der Waals surface area (Å²) in [5.74, 6) is 0.00502. The van der Waals surface area contributed by atoms with Gasteiger partial charge in [-0.1, -0.05) is 0 Å². The van der Waals surface area contributed by atoms with Gasteiger partial charge < -0.3 is 4.74 Å². The molecule has 1 aromatic heterocycles. The topological polar surface area (TPSA) is 22.1 Å². The zero-order valence-electron chi connectivity index (χ0n) is 7.85. The number of aromatic nitrogens is 1. The molecule has 0 fully saturated rings. The van der Waals surface area contributed by atoms with Gasteiger partial charge in [-0.25, -0.2) is 4.98 Å². The van der Waals surface area contributed by atoms with Crippen LogP contribution in [0.5, 0.6) is 5.88 Å². The van der Waals surface area contributed by atoms with Gasteiger partial charge in [-0.3, -0.25) is 0 Å². The molecule has 1 aromatic rings. The van der Waals surface area contributed by atoms with Crippen molar-refractivity contribution in [3.8, 4) is 5.88 Å². The molecule has 5 heteroatoms. The summed E-state index contributed by atoms with van der Waals surface area (Å²) in [5, 5.41) is 0. The first-order chi connectivity index (χ1) is 6.45. The van der Waals surface area contributed by atoms with E-state index in [1.807, 2.05) is 0 Å². The maximum Gasteiger partial charge on any atom is 0.416 e. The van der Waals surface area contributed by atoms with Crippen LogP contribution in [0.4, 0.5) is 13.2 Å². The quantitative estimate of drug-likeness (QED) is 0.740. The lowest BCUT2D eigenvalue weighted by atomic mass is 10.1. The summed E-state index contributed by atoms with van der Waals surface area (Å²) >= 11 is 0. The van der Waals surface area contributed by atoms with Crippen molar-refractivity contribution in [3.05, 3.63) is 23.4 Å². The molecule has 0 saturated carbocycles.